The van der Waals surface area contributed by atoms with Gasteiger partial charge in [-0.3, -0.25) is 9.59 Å². The first-order valence-electron chi connectivity index (χ1n) is 9.46. The van der Waals surface area contributed by atoms with Crippen LogP contribution in [0.3, 0.4) is 0 Å². The number of benzene rings is 2. The summed E-state index contributed by atoms with van der Waals surface area (Å²) >= 11 is 0. The summed E-state index contributed by atoms with van der Waals surface area (Å²) in [5.41, 5.74) is 1.84. The molecule has 4 heteroatoms. The third kappa shape index (κ3) is 6.89. The number of ether oxygens (including phenoxy) is 2. The highest BCUT2D eigenvalue weighted by molar-refractivity contribution is 5.73. The van der Waals surface area contributed by atoms with Crippen molar-refractivity contribution in [2.24, 2.45) is 5.92 Å². The van der Waals surface area contributed by atoms with Crippen LogP contribution in [0.5, 0.6) is 0 Å². The first-order valence-corrected chi connectivity index (χ1v) is 9.46. The van der Waals surface area contributed by atoms with Crippen molar-refractivity contribution in [2.75, 3.05) is 0 Å². The van der Waals surface area contributed by atoms with E-state index in [9.17, 15) is 9.59 Å². The lowest BCUT2D eigenvalue weighted by Crippen LogP contribution is -2.20. The highest BCUT2D eigenvalue weighted by Gasteiger charge is 2.19. The van der Waals surface area contributed by atoms with Crippen LogP contribution in [0.4, 0.5) is 0 Å². The van der Waals surface area contributed by atoms with Crippen molar-refractivity contribution < 1.29 is 19.1 Å². The maximum absolute atomic E-state index is 12.3. The standard InChI is InChI=1S/C23H28O4/c1-17(2)18(3)26-21(24)15-10-16-22(25)27-23(19-11-6-4-7-12-19)20-13-8-5-9-14-20/h4-9,11-14,17-18,23H,10,15-16H2,1-3H3. The van der Waals surface area contributed by atoms with E-state index < -0.39 is 6.10 Å². The Hall–Kier alpha value is -2.62. The molecule has 2 rings (SSSR count). The van der Waals surface area contributed by atoms with E-state index in [4.69, 9.17) is 9.47 Å². The normalized spacial score (nSPS) is 12.0. The third-order valence-electron chi connectivity index (χ3n) is 4.47. The summed E-state index contributed by atoms with van der Waals surface area (Å²) in [6.07, 6.45) is 0.242. The van der Waals surface area contributed by atoms with Crippen LogP contribution >= 0.6 is 0 Å². The van der Waals surface area contributed by atoms with Gasteiger partial charge in [0.05, 0.1) is 0 Å². The van der Waals surface area contributed by atoms with Gasteiger partial charge in [-0.05, 0) is 30.4 Å². The first-order chi connectivity index (χ1) is 13.0. The average molecular weight is 368 g/mol. The second-order valence-corrected chi connectivity index (χ2v) is 6.98. The lowest BCUT2D eigenvalue weighted by molar-refractivity contribution is -0.151. The van der Waals surface area contributed by atoms with Crippen molar-refractivity contribution in [3.8, 4) is 0 Å². The van der Waals surface area contributed by atoms with Gasteiger partial charge >= 0.3 is 11.9 Å². The zero-order chi connectivity index (χ0) is 19.6. The smallest absolute Gasteiger partial charge is 0.306 e. The molecule has 0 aromatic heterocycles. The Bertz CT molecular complexity index is 670. The number of hydrogen-bond donors (Lipinski definition) is 0. The molecule has 0 fully saturated rings. The van der Waals surface area contributed by atoms with Crippen molar-refractivity contribution in [2.45, 2.75) is 52.2 Å². The summed E-state index contributed by atoms with van der Waals surface area (Å²) in [5.74, 6) is -0.319. The van der Waals surface area contributed by atoms with Crippen LogP contribution in [0.2, 0.25) is 0 Å². The van der Waals surface area contributed by atoms with Crippen LogP contribution in [0, 0.1) is 5.92 Å². The summed E-state index contributed by atoms with van der Waals surface area (Å²) in [7, 11) is 0. The van der Waals surface area contributed by atoms with E-state index in [1.807, 2.05) is 81.4 Å². The summed E-state index contributed by atoms with van der Waals surface area (Å²) in [5, 5.41) is 0. The van der Waals surface area contributed by atoms with E-state index in [2.05, 4.69) is 0 Å². The van der Waals surface area contributed by atoms with Gasteiger partial charge in [-0.25, -0.2) is 0 Å². The molecular formula is C23H28O4. The fraction of sp³-hybridized carbons (Fsp3) is 0.391. The summed E-state index contributed by atoms with van der Waals surface area (Å²) < 4.78 is 11.1. The lowest BCUT2D eigenvalue weighted by atomic mass is 10.0. The summed E-state index contributed by atoms with van der Waals surface area (Å²) in [6.45, 7) is 5.88. The van der Waals surface area contributed by atoms with Gasteiger partial charge in [0.15, 0.2) is 6.10 Å². The largest absolute Gasteiger partial charge is 0.462 e. The van der Waals surface area contributed by atoms with Gasteiger partial charge in [0.1, 0.15) is 6.10 Å². The van der Waals surface area contributed by atoms with Crippen molar-refractivity contribution in [3.05, 3.63) is 71.8 Å². The Kier molecular flexibility index (Phi) is 8.05. The first kappa shape index (κ1) is 20.7. The van der Waals surface area contributed by atoms with E-state index in [1.54, 1.807) is 0 Å². The zero-order valence-electron chi connectivity index (χ0n) is 16.3. The molecule has 27 heavy (non-hydrogen) atoms. The maximum atomic E-state index is 12.3. The Morgan fingerprint density at radius 3 is 1.63 bits per heavy atom. The number of esters is 2. The van der Waals surface area contributed by atoms with Crippen molar-refractivity contribution >= 4 is 11.9 Å². The van der Waals surface area contributed by atoms with Gasteiger partial charge in [0.25, 0.3) is 0 Å². The second kappa shape index (κ2) is 10.5. The van der Waals surface area contributed by atoms with Crippen molar-refractivity contribution in [3.63, 3.8) is 0 Å². The molecule has 2 aromatic rings. The van der Waals surface area contributed by atoms with Gasteiger partial charge in [0, 0.05) is 12.8 Å². The third-order valence-corrected chi connectivity index (χ3v) is 4.47. The van der Waals surface area contributed by atoms with Gasteiger partial charge in [-0.2, -0.15) is 0 Å². The lowest BCUT2D eigenvalue weighted by Gasteiger charge is -2.19. The minimum absolute atomic E-state index is 0.120. The van der Waals surface area contributed by atoms with Gasteiger partial charge < -0.3 is 9.47 Å². The molecule has 0 N–H and O–H groups in total. The molecule has 0 saturated carbocycles. The van der Waals surface area contributed by atoms with E-state index in [1.165, 1.54) is 0 Å². The fourth-order valence-electron chi connectivity index (χ4n) is 2.55. The molecule has 4 nitrogen and oxygen atoms in total. The Balaban J connectivity index is 1.90. The monoisotopic (exact) mass is 368 g/mol. The molecule has 0 amide bonds. The predicted octanol–water partition coefficient (Wildman–Crippen LogP) is 5.08. The number of rotatable bonds is 9. The highest BCUT2D eigenvalue weighted by Crippen LogP contribution is 2.26. The number of carbonyl (C=O) groups excluding carboxylic acids is 2. The topological polar surface area (TPSA) is 52.6 Å². The van der Waals surface area contributed by atoms with Crippen LogP contribution in [0.1, 0.15) is 57.3 Å². The van der Waals surface area contributed by atoms with Crippen molar-refractivity contribution in [1.82, 2.24) is 0 Å². The summed E-state index contributed by atoms with van der Waals surface area (Å²) in [4.78, 5) is 24.2. The Morgan fingerprint density at radius 2 is 1.19 bits per heavy atom. The van der Waals surface area contributed by atoms with Gasteiger partial charge in [-0.1, -0.05) is 74.5 Å². The minimum atomic E-state index is -0.451. The minimum Gasteiger partial charge on any atom is -0.462 e. The molecular weight excluding hydrogens is 340 g/mol. The molecule has 0 aliphatic rings. The maximum Gasteiger partial charge on any atom is 0.306 e. The van der Waals surface area contributed by atoms with E-state index >= 15 is 0 Å². The molecule has 2 aromatic carbocycles. The van der Waals surface area contributed by atoms with Crippen molar-refractivity contribution in [1.29, 1.82) is 0 Å². The number of carbonyl (C=O) groups is 2. The Morgan fingerprint density at radius 1 is 0.741 bits per heavy atom. The average Bonchev–Trinajstić information content (AvgIpc) is 2.67. The van der Waals surface area contributed by atoms with Crippen LogP contribution in [0.15, 0.2) is 60.7 Å². The SMILES string of the molecule is CC(C)C(C)OC(=O)CCCC(=O)OC(c1ccccc1)c1ccccc1. The fourth-order valence-corrected chi connectivity index (χ4v) is 2.55. The van der Waals surface area contributed by atoms with E-state index in [0.29, 0.717) is 6.42 Å². The van der Waals surface area contributed by atoms with Crippen LogP contribution in [-0.4, -0.2) is 18.0 Å². The molecule has 0 radical (unpaired) electrons. The van der Waals surface area contributed by atoms with Gasteiger partial charge in [-0.15, -0.1) is 0 Å². The highest BCUT2D eigenvalue weighted by atomic mass is 16.5. The van der Waals surface area contributed by atoms with Crippen LogP contribution in [0.25, 0.3) is 0 Å². The molecule has 0 spiro atoms. The molecule has 0 aliphatic carbocycles. The second-order valence-electron chi connectivity index (χ2n) is 6.98. The predicted molar refractivity (Wildman–Crippen MR) is 105 cm³/mol. The molecule has 0 bridgehead atoms. The molecule has 0 aliphatic heterocycles. The van der Waals surface area contributed by atoms with E-state index in [0.717, 1.165) is 11.1 Å². The van der Waals surface area contributed by atoms with Crippen LogP contribution < -0.4 is 0 Å². The Labute approximate surface area is 161 Å². The van der Waals surface area contributed by atoms with Gasteiger partial charge in [0.2, 0.25) is 0 Å². The summed E-state index contributed by atoms with van der Waals surface area (Å²) in [6, 6.07) is 19.3. The molecule has 144 valence electrons. The zero-order valence-corrected chi connectivity index (χ0v) is 16.3. The quantitative estimate of drug-likeness (QED) is 0.579. The number of hydrogen-bond acceptors (Lipinski definition) is 4. The van der Waals surface area contributed by atoms with E-state index in [-0.39, 0.29) is 36.8 Å². The molecule has 0 saturated heterocycles. The molecule has 0 heterocycles. The molecule has 1 atom stereocenters. The van der Waals surface area contributed by atoms with Crippen LogP contribution in [-0.2, 0) is 19.1 Å². The molecule has 1 unspecified atom stereocenters.